The number of carboxylic acids is 1. The van der Waals surface area contributed by atoms with E-state index >= 15 is 0 Å². The third-order valence-electron chi connectivity index (χ3n) is 3.95. The fourth-order valence-corrected chi connectivity index (χ4v) is 2.63. The van der Waals surface area contributed by atoms with Gasteiger partial charge in [0.1, 0.15) is 0 Å². The second-order valence-electron chi connectivity index (χ2n) is 5.85. The molecular formula is C17H22N2O4. The standard InChI is InChI=1S/C17H22N2O4/c1-11(18-15(20)4-2-3-5-17(22)23)12-6-8-14-13(10-12)7-9-16(21)19-14/h6,8,10-11H,2-5,7,9H2,1H3,(H,18,20)(H,19,21)(H,22,23). The minimum atomic E-state index is -0.833. The zero-order chi connectivity index (χ0) is 16.8. The van der Waals surface area contributed by atoms with E-state index in [1.165, 1.54) is 0 Å². The van der Waals surface area contributed by atoms with Gasteiger partial charge in [0.25, 0.3) is 0 Å². The number of benzene rings is 1. The molecule has 1 unspecified atom stereocenters. The second-order valence-corrected chi connectivity index (χ2v) is 5.85. The molecular weight excluding hydrogens is 296 g/mol. The molecule has 1 aliphatic heterocycles. The highest BCUT2D eigenvalue weighted by Gasteiger charge is 2.17. The van der Waals surface area contributed by atoms with Gasteiger partial charge in [-0.2, -0.15) is 0 Å². The molecule has 1 atom stereocenters. The van der Waals surface area contributed by atoms with Gasteiger partial charge in [-0.25, -0.2) is 0 Å². The Morgan fingerprint density at radius 3 is 2.74 bits per heavy atom. The summed E-state index contributed by atoms with van der Waals surface area (Å²) in [6.45, 7) is 1.91. The van der Waals surface area contributed by atoms with Crippen molar-refractivity contribution in [3.8, 4) is 0 Å². The Morgan fingerprint density at radius 1 is 1.26 bits per heavy atom. The van der Waals surface area contributed by atoms with Crippen molar-refractivity contribution >= 4 is 23.5 Å². The summed E-state index contributed by atoms with van der Waals surface area (Å²) in [5.74, 6) is -0.873. The van der Waals surface area contributed by atoms with Crippen LogP contribution in [0.25, 0.3) is 0 Å². The summed E-state index contributed by atoms with van der Waals surface area (Å²) < 4.78 is 0. The Labute approximate surface area is 135 Å². The first-order valence-electron chi connectivity index (χ1n) is 7.89. The number of amides is 2. The van der Waals surface area contributed by atoms with Crippen molar-refractivity contribution in [2.24, 2.45) is 0 Å². The smallest absolute Gasteiger partial charge is 0.303 e. The third-order valence-corrected chi connectivity index (χ3v) is 3.95. The number of carboxylic acid groups (broad SMARTS) is 1. The zero-order valence-corrected chi connectivity index (χ0v) is 13.2. The normalized spacial score (nSPS) is 14.6. The van der Waals surface area contributed by atoms with Crippen LogP contribution >= 0.6 is 0 Å². The molecule has 0 saturated heterocycles. The lowest BCUT2D eigenvalue weighted by atomic mass is 9.97. The molecule has 6 heteroatoms. The van der Waals surface area contributed by atoms with E-state index in [0.717, 1.165) is 16.8 Å². The maximum Gasteiger partial charge on any atom is 0.303 e. The van der Waals surface area contributed by atoms with Gasteiger partial charge in [-0.05, 0) is 43.4 Å². The fraction of sp³-hybridized carbons (Fsp3) is 0.471. The molecule has 1 heterocycles. The Balaban J connectivity index is 1.85. The highest BCUT2D eigenvalue weighted by atomic mass is 16.4. The minimum absolute atomic E-state index is 0.0352. The average Bonchev–Trinajstić information content (AvgIpc) is 2.50. The molecule has 0 saturated carbocycles. The Morgan fingerprint density at radius 2 is 2.00 bits per heavy atom. The van der Waals surface area contributed by atoms with E-state index in [0.29, 0.717) is 32.1 Å². The highest BCUT2D eigenvalue weighted by molar-refractivity contribution is 5.93. The van der Waals surface area contributed by atoms with E-state index < -0.39 is 5.97 Å². The van der Waals surface area contributed by atoms with Crippen molar-refractivity contribution in [1.29, 1.82) is 0 Å². The van der Waals surface area contributed by atoms with Crippen LogP contribution < -0.4 is 10.6 Å². The van der Waals surface area contributed by atoms with Gasteiger partial charge in [-0.1, -0.05) is 12.1 Å². The van der Waals surface area contributed by atoms with Crippen LogP contribution in [0, 0.1) is 0 Å². The lowest BCUT2D eigenvalue weighted by molar-refractivity contribution is -0.137. The first-order valence-corrected chi connectivity index (χ1v) is 7.89. The van der Waals surface area contributed by atoms with Crippen LogP contribution in [0.3, 0.4) is 0 Å². The first kappa shape index (κ1) is 17.0. The number of fused-ring (bicyclic) bond motifs is 1. The summed E-state index contributed by atoms with van der Waals surface area (Å²) in [6, 6.07) is 5.67. The van der Waals surface area contributed by atoms with Gasteiger partial charge in [0, 0.05) is 24.9 Å². The molecule has 6 nitrogen and oxygen atoms in total. The largest absolute Gasteiger partial charge is 0.481 e. The van der Waals surface area contributed by atoms with Crippen LogP contribution in [-0.4, -0.2) is 22.9 Å². The van der Waals surface area contributed by atoms with Gasteiger partial charge in [-0.3, -0.25) is 14.4 Å². The van der Waals surface area contributed by atoms with Crippen LogP contribution in [0.4, 0.5) is 5.69 Å². The molecule has 0 spiro atoms. The van der Waals surface area contributed by atoms with Gasteiger partial charge in [0.2, 0.25) is 11.8 Å². The number of carbonyl (C=O) groups is 3. The van der Waals surface area contributed by atoms with Gasteiger partial charge in [0.05, 0.1) is 6.04 Å². The molecule has 0 bridgehead atoms. The second kappa shape index (κ2) is 7.76. The molecule has 0 aromatic heterocycles. The van der Waals surface area contributed by atoms with E-state index in [9.17, 15) is 14.4 Å². The molecule has 3 N–H and O–H groups in total. The SMILES string of the molecule is CC(NC(=O)CCCCC(=O)O)c1ccc2c(c1)CCC(=O)N2. The van der Waals surface area contributed by atoms with Gasteiger partial charge in [0.15, 0.2) is 0 Å². The molecule has 1 aromatic rings. The molecule has 23 heavy (non-hydrogen) atoms. The van der Waals surface area contributed by atoms with Crippen molar-refractivity contribution in [3.63, 3.8) is 0 Å². The molecule has 0 aliphatic carbocycles. The Hall–Kier alpha value is -2.37. The van der Waals surface area contributed by atoms with Crippen LogP contribution in [-0.2, 0) is 20.8 Å². The molecule has 0 radical (unpaired) electrons. The van der Waals surface area contributed by atoms with Crippen molar-refractivity contribution in [1.82, 2.24) is 5.32 Å². The van der Waals surface area contributed by atoms with Gasteiger partial charge < -0.3 is 15.7 Å². The molecule has 0 fully saturated rings. The van der Waals surface area contributed by atoms with Crippen LogP contribution in [0.1, 0.15) is 56.2 Å². The monoisotopic (exact) mass is 318 g/mol. The topological polar surface area (TPSA) is 95.5 Å². The van der Waals surface area contributed by atoms with Crippen LogP contribution in [0.15, 0.2) is 18.2 Å². The number of carbonyl (C=O) groups excluding carboxylic acids is 2. The number of hydrogen-bond donors (Lipinski definition) is 3. The van der Waals surface area contributed by atoms with Gasteiger partial charge >= 0.3 is 5.97 Å². The Bertz CT molecular complexity index is 613. The number of aliphatic carboxylic acids is 1. The average molecular weight is 318 g/mol. The zero-order valence-electron chi connectivity index (χ0n) is 13.2. The fourth-order valence-electron chi connectivity index (χ4n) is 2.63. The summed E-state index contributed by atoms with van der Waals surface area (Å²) in [7, 11) is 0. The van der Waals surface area contributed by atoms with Gasteiger partial charge in [-0.15, -0.1) is 0 Å². The first-order chi connectivity index (χ1) is 11.0. The maximum absolute atomic E-state index is 11.9. The van der Waals surface area contributed by atoms with Crippen LogP contribution in [0.2, 0.25) is 0 Å². The van der Waals surface area contributed by atoms with Crippen LogP contribution in [0.5, 0.6) is 0 Å². The molecule has 1 aliphatic rings. The molecule has 1 aromatic carbocycles. The van der Waals surface area contributed by atoms with Crippen molar-refractivity contribution in [2.75, 3.05) is 5.32 Å². The molecule has 2 amide bonds. The Kier molecular flexibility index (Phi) is 5.73. The highest BCUT2D eigenvalue weighted by Crippen LogP contribution is 2.26. The minimum Gasteiger partial charge on any atom is -0.481 e. The predicted octanol–water partition coefficient (Wildman–Crippen LogP) is 2.39. The number of anilines is 1. The lowest BCUT2D eigenvalue weighted by Crippen LogP contribution is -2.27. The van der Waals surface area contributed by atoms with E-state index in [4.69, 9.17) is 5.11 Å². The quantitative estimate of drug-likeness (QED) is 0.673. The van der Waals surface area contributed by atoms with Crippen molar-refractivity contribution < 1.29 is 19.5 Å². The number of unbranched alkanes of at least 4 members (excludes halogenated alkanes) is 1. The van der Waals surface area contributed by atoms with E-state index in [1.54, 1.807) is 0 Å². The maximum atomic E-state index is 11.9. The summed E-state index contributed by atoms with van der Waals surface area (Å²) in [5.41, 5.74) is 2.93. The summed E-state index contributed by atoms with van der Waals surface area (Å²) in [6.07, 6.45) is 2.71. The predicted molar refractivity (Wildman–Crippen MR) is 86.1 cm³/mol. The molecule has 124 valence electrons. The number of hydrogen-bond acceptors (Lipinski definition) is 3. The number of nitrogens with one attached hydrogen (secondary N) is 2. The van der Waals surface area contributed by atoms with Crippen molar-refractivity contribution in [3.05, 3.63) is 29.3 Å². The summed E-state index contributed by atoms with van der Waals surface area (Å²) in [5, 5.41) is 14.3. The summed E-state index contributed by atoms with van der Waals surface area (Å²) in [4.78, 5) is 33.7. The van der Waals surface area contributed by atoms with E-state index in [-0.39, 0.29) is 24.3 Å². The number of aryl methyl sites for hydroxylation is 1. The van der Waals surface area contributed by atoms with E-state index in [2.05, 4.69) is 10.6 Å². The lowest BCUT2D eigenvalue weighted by Gasteiger charge is -2.20. The molecule has 2 rings (SSSR count). The summed E-state index contributed by atoms with van der Waals surface area (Å²) >= 11 is 0. The van der Waals surface area contributed by atoms with Crippen molar-refractivity contribution in [2.45, 2.75) is 51.5 Å². The number of rotatable bonds is 7. The van der Waals surface area contributed by atoms with E-state index in [1.807, 2.05) is 25.1 Å². The third kappa shape index (κ3) is 5.09.